The van der Waals surface area contributed by atoms with Crippen molar-refractivity contribution >= 4 is 5.91 Å². The van der Waals surface area contributed by atoms with Gasteiger partial charge in [0.05, 0.1) is 6.61 Å². The predicted molar refractivity (Wildman–Crippen MR) is 58.1 cm³/mol. The summed E-state index contributed by atoms with van der Waals surface area (Å²) in [5, 5.41) is 20.7. The smallest absolute Gasteiger partial charge is 0.221 e. The Labute approximate surface area is 90.7 Å². The monoisotopic (exact) mass is 218 g/mol. The second-order valence-corrected chi connectivity index (χ2v) is 4.54. The first kappa shape index (κ1) is 14.3. The van der Waals surface area contributed by atoms with Crippen molar-refractivity contribution in [2.45, 2.75) is 38.8 Å². The van der Waals surface area contributed by atoms with E-state index in [0.717, 1.165) is 0 Å². The van der Waals surface area contributed by atoms with Crippen LogP contribution in [0.15, 0.2) is 0 Å². The lowest BCUT2D eigenvalue weighted by atomic mass is 10.0. The molecule has 90 valence electrons. The SMILES string of the molecule is CC(C)C(N)CC(=O)NCC(C)(O)CO. The Morgan fingerprint density at radius 1 is 1.53 bits per heavy atom. The number of rotatable bonds is 6. The Morgan fingerprint density at radius 3 is 2.47 bits per heavy atom. The second kappa shape index (κ2) is 6.05. The van der Waals surface area contributed by atoms with Crippen molar-refractivity contribution in [2.24, 2.45) is 11.7 Å². The van der Waals surface area contributed by atoms with Crippen LogP contribution in [0.25, 0.3) is 0 Å². The van der Waals surface area contributed by atoms with Crippen molar-refractivity contribution in [2.75, 3.05) is 13.2 Å². The third kappa shape index (κ3) is 6.43. The number of aliphatic hydroxyl groups is 2. The van der Waals surface area contributed by atoms with E-state index in [2.05, 4.69) is 5.32 Å². The zero-order valence-electron chi connectivity index (χ0n) is 9.66. The Bertz CT molecular complexity index is 205. The summed E-state index contributed by atoms with van der Waals surface area (Å²) >= 11 is 0. The first-order valence-corrected chi connectivity index (χ1v) is 5.14. The fourth-order valence-corrected chi connectivity index (χ4v) is 0.867. The molecule has 5 nitrogen and oxygen atoms in total. The fourth-order valence-electron chi connectivity index (χ4n) is 0.867. The summed E-state index contributed by atoms with van der Waals surface area (Å²) in [6, 6.07) is -0.177. The minimum absolute atomic E-state index is 0.0349. The van der Waals surface area contributed by atoms with Gasteiger partial charge >= 0.3 is 0 Å². The van der Waals surface area contributed by atoms with Gasteiger partial charge in [-0.05, 0) is 12.8 Å². The molecule has 0 radical (unpaired) electrons. The average Bonchev–Trinajstić information content (AvgIpc) is 2.15. The Hall–Kier alpha value is -0.650. The van der Waals surface area contributed by atoms with Crippen LogP contribution in [-0.2, 0) is 4.79 Å². The van der Waals surface area contributed by atoms with Gasteiger partial charge in [0.2, 0.25) is 5.91 Å². The molecule has 15 heavy (non-hydrogen) atoms. The van der Waals surface area contributed by atoms with Gasteiger partial charge in [0.1, 0.15) is 5.60 Å². The lowest BCUT2D eigenvalue weighted by Gasteiger charge is -2.21. The Balaban J connectivity index is 3.86. The molecule has 2 atom stereocenters. The summed E-state index contributed by atoms with van der Waals surface area (Å²) in [6.45, 7) is 5.00. The highest BCUT2D eigenvalue weighted by Gasteiger charge is 2.20. The highest BCUT2D eigenvalue weighted by molar-refractivity contribution is 5.76. The molecule has 2 unspecified atom stereocenters. The molecule has 0 fully saturated rings. The fraction of sp³-hybridized carbons (Fsp3) is 0.900. The van der Waals surface area contributed by atoms with Gasteiger partial charge in [-0.2, -0.15) is 0 Å². The summed E-state index contributed by atoms with van der Waals surface area (Å²) in [5.74, 6) is 0.0408. The third-order valence-electron chi connectivity index (χ3n) is 2.28. The summed E-state index contributed by atoms with van der Waals surface area (Å²) in [6.07, 6.45) is 0.235. The number of aliphatic hydroxyl groups excluding tert-OH is 1. The largest absolute Gasteiger partial charge is 0.393 e. The van der Waals surface area contributed by atoms with E-state index >= 15 is 0 Å². The maximum Gasteiger partial charge on any atom is 0.221 e. The van der Waals surface area contributed by atoms with E-state index in [4.69, 9.17) is 10.8 Å². The van der Waals surface area contributed by atoms with Gasteiger partial charge in [0, 0.05) is 19.0 Å². The quantitative estimate of drug-likeness (QED) is 0.470. The molecule has 0 aliphatic carbocycles. The molecular weight excluding hydrogens is 196 g/mol. The van der Waals surface area contributed by atoms with Crippen molar-refractivity contribution in [3.05, 3.63) is 0 Å². The number of carbonyl (C=O) groups is 1. The number of hydrogen-bond acceptors (Lipinski definition) is 4. The van der Waals surface area contributed by atoms with Crippen LogP contribution in [0.5, 0.6) is 0 Å². The van der Waals surface area contributed by atoms with Crippen LogP contribution in [0.4, 0.5) is 0 Å². The molecule has 0 saturated heterocycles. The van der Waals surface area contributed by atoms with Gasteiger partial charge in [-0.15, -0.1) is 0 Å². The van der Waals surface area contributed by atoms with Crippen molar-refractivity contribution < 1.29 is 15.0 Å². The van der Waals surface area contributed by atoms with E-state index in [-0.39, 0.29) is 37.4 Å². The first-order valence-electron chi connectivity index (χ1n) is 5.14. The van der Waals surface area contributed by atoms with E-state index in [0.29, 0.717) is 0 Å². The lowest BCUT2D eigenvalue weighted by molar-refractivity contribution is -0.123. The Kier molecular flexibility index (Phi) is 5.79. The van der Waals surface area contributed by atoms with Gasteiger partial charge in [0.25, 0.3) is 0 Å². The van der Waals surface area contributed by atoms with Gasteiger partial charge in [-0.1, -0.05) is 13.8 Å². The molecule has 5 N–H and O–H groups in total. The molecule has 0 spiro atoms. The van der Waals surface area contributed by atoms with Crippen LogP contribution >= 0.6 is 0 Å². The number of hydrogen-bond donors (Lipinski definition) is 4. The van der Waals surface area contributed by atoms with Crippen LogP contribution in [-0.4, -0.2) is 40.9 Å². The van der Waals surface area contributed by atoms with Crippen LogP contribution in [0.2, 0.25) is 0 Å². The molecule has 1 amide bonds. The van der Waals surface area contributed by atoms with Crippen molar-refractivity contribution in [3.8, 4) is 0 Å². The van der Waals surface area contributed by atoms with Crippen molar-refractivity contribution in [1.29, 1.82) is 0 Å². The van der Waals surface area contributed by atoms with Crippen molar-refractivity contribution in [1.82, 2.24) is 5.32 Å². The zero-order chi connectivity index (χ0) is 12.1. The van der Waals surface area contributed by atoms with Crippen LogP contribution in [0.3, 0.4) is 0 Å². The zero-order valence-corrected chi connectivity index (χ0v) is 9.66. The van der Waals surface area contributed by atoms with Crippen molar-refractivity contribution in [3.63, 3.8) is 0 Å². The van der Waals surface area contributed by atoms with Gasteiger partial charge < -0.3 is 21.3 Å². The van der Waals surface area contributed by atoms with Crippen LogP contribution in [0, 0.1) is 5.92 Å². The highest BCUT2D eigenvalue weighted by atomic mass is 16.3. The van der Waals surface area contributed by atoms with Gasteiger partial charge in [0.15, 0.2) is 0 Å². The van der Waals surface area contributed by atoms with E-state index in [1.54, 1.807) is 0 Å². The molecule has 0 bridgehead atoms. The predicted octanol–water partition coefficient (Wildman–Crippen LogP) is -0.781. The van der Waals surface area contributed by atoms with E-state index in [1.165, 1.54) is 6.92 Å². The number of amides is 1. The summed E-state index contributed by atoms with van der Waals surface area (Å²) in [4.78, 5) is 11.3. The van der Waals surface area contributed by atoms with Gasteiger partial charge in [-0.25, -0.2) is 0 Å². The number of nitrogens with one attached hydrogen (secondary N) is 1. The lowest BCUT2D eigenvalue weighted by Crippen LogP contribution is -2.44. The highest BCUT2D eigenvalue weighted by Crippen LogP contribution is 2.03. The first-order chi connectivity index (χ1) is 6.78. The van der Waals surface area contributed by atoms with Gasteiger partial charge in [-0.3, -0.25) is 4.79 Å². The molecule has 0 saturated carbocycles. The standard InChI is InChI=1S/C10H22N2O3/c1-7(2)8(11)4-9(14)12-5-10(3,15)6-13/h7-8,13,15H,4-6,11H2,1-3H3,(H,12,14). The topological polar surface area (TPSA) is 95.6 Å². The third-order valence-corrected chi connectivity index (χ3v) is 2.28. The van der Waals surface area contributed by atoms with E-state index < -0.39 is 5.60 Å². The molecular formula is C10H22N2O3. The maximum absolute atomic E-state index is 11.3. The summed E-state index contributed by atoms with van der Waals surface area (Å²) < 4.78 is 0. The average molecular weight is 218 g/mol. The normalized spacial score (nSPS) is 17.3. The molecule has 0 aromatic carbocycles. The molecule has 0 aromatic heterocycles. The molecule has 0 aliphatic rings. The van der Waals surface area contributed by atoms with Crippen LogP contribution < -0.4 is 11.1 Å². The molecule has 5 heteroatoms. The minimum Gasteiger partial charge on any atom is -0.393 e. The number of nitrogens with two attached hydrogens (primary N) is 1. The molecule has 0 aliphatic heterocycles. The maximum atomic E-state index is 11.3. The summed E-state index contributed by atoms with van der Waals surface area (Å²) in [7, 11) is 0. The Morgan fingerprint density at radius 2 is 2.07 bits per heavy atom. The molecule has 0 aromatic rings. The minimum atomic E-state index is -1.27. The second-order valence-electron chi connectivity index (χ2n) is 4.54. The number of carbonyl (C=O) groups excluding carboxylic acids is 1. The van der Waals surface area contributed by atoms with Crippen LogP contribution in [0.1, 0.15) is 27.2 Å². The molecule has 0 rings (SSSR count). The van der Waals surface area contributed by atoms with E-state index in [9.17, 15) is 9.90 Å². The molecule has 0 heterocycles. The van der Waals surface area contributed by atoms with E-state index in [1.807, 2.05) is 13.8 Å². The summed E-state index contributed by atoms with van der Waals surface area (Å²) in [5.41, 5.74) is 4.45.